The molecule has 10 heteroatoms. The molecule has 0 aliphatic carbocycles. The number of benzene rings is 2. The number of carbonyl (C=O) groups is 3. The molecule has 0 bridgehead atoms. The second-order valence-corrected chi connectivity index (χ2v) is 9.69. The smallest absolute Gasteiger partial charge is 0.408 e. The van der Waals surface area contributed by atoms with E-state index in [2.05, 4.69) is 20.6 Å². The van der Waals surface area contributed by atoms with Gasteiger partial charge < -0.3 is 29.8 Å². The number of alkyl carbamates (subject to hydrolysis) is 1. The number of aromatic amines is 1. The molecule has 3 aromatic rings. The minimum absolute atomic E-state index is 0.144. The van der Waals surface area contributed by atoms with Crippen LogP contribution in [-0.4, -0.2) is 52.7 Å². The van der Waals surface area contributed by atoms with E-state index in [1.165, 1.54) is 13.4 Å². The molecule has 2 amide bonds. The highest BCUT2D eigenvalue weighted by atomic mass is 16.6. The van der Waals surface area contributed by atoms with E-state index in [4.69, 9.17) is 14.2 Å². The van der Waals surface area contributed by atoms with Crippen LogP contribution in [0.1, 0.15) is 37.6 Å². The lowest BCUT2D eigenvalue weighted by Crippen LogP contribution is -2.54. The summed E-state index contributed by atoms with van der Waals surface area (Å²) in [6, 6.07) is 15.0. The maximum atomic E-state index is 13.3. The van der Waals surface area contributed by atoms with E-state index in [9.17, 15) is 14.4 Å². The van der Waals surface area contributed by atoms with E-state index in [1.54, 1.807) is 39.1 Å². The molecule has 2 atom stereocenters. The van der Waals surface area contributed by atoms with Gasteiger partial charge in [0.1, 0.15) is 30.0 Å². The summed E-state index contributed by atoms with van der Waals surface area (Å²) in [6.07, 6.45) is 2.59. The highest BCUT2D eigenvalue weighted by Gasteiger charge is 2.29. The number of amides is 2. The number of H-pyrrole nitrogens is 1. The third kappa shape index (κ3) is 9.27. The molecular formula is C28H34N4O6. The number of esters is 1. The lowest BCUT2D eigenvalue weighted by Gasteiger charge is -2.25. The van der Waals surface area contributed by atoms with Crippen molar-refractivity contribution < 1.29 is 28.6 Å². The molecule has 0 aliphatic rings. The highest BCUT2D eigenvalue weighted by Crippen LogP contribution is 2.16. The number of nitrogens with one attached hydrogen (secondary N) is 3. The second kappa shape index (κ2) is 13.3. The number of methoxy groups -OCH3 is 1. The minimum Gasteiger partial charge on any atom is -0.489 e. The Morgan fingerprint density at radius 2 is 1.63 bits per heavy atom. The highest BCUT2D eigenvalue weighted by molar-refractivity contribution is 5.90. The standard InChI is InChI=1S/C28H34N4O6/c1-28(2,3)38-27(35)32-23(25(33)31-24(26(34)36-4)15-21-16-29-18-30-21)14-19-10-12-22(13-11-19)37-17-20-8-6-5-7-9-20/h5-13,16,18,23-24H,14-15,17H2,1-4H3,(H,29,30)(H,31,33)(H,32,35)/t23-,24-/m0/s1. The van der Waals surface area contributed by atoms with Crippen molar-refractivity contribution in [3.8, 4) is 5.75 Å². The van der Waals surface area contributed by atoms with Crippen molar-refractivity contribution in [2.45, 2.75) is 57.9 Å². The van der Waals surface area contributed by atoms with E-state index in [-0.39, 0.29) is 12.8 Å². The van der Waals surface area contributed by atoms with Gasteiger partial charge >= 0.3 is 12.1 Å². The summed E-state index contributed by atoms with van der Waals surface area (Å²) in [5.74, 6) is -0.511. The van der Waals surface area contributed by atoms with E-state index in [0.717, 1.165) is 11.1 Å². The average molecular weight is 523 g/mol. The van der Waals surface area contributed by atoms with Crippen LogP contribution in [0.15, 0.2) is 67.1 Å². The molecule has 10 nitrogen and oxygen atoms in total. The SMILES string of the molecule is COC(=O)[C@H](Cc1cnc[nH]1)NC(=O)[C@H](Cc1ccc(OCc2ccccc2)cc1)NC(=O)OC(C)(C)C. The maximum absolute atomic E-state index is 13.3. The van der Waals surface area contributed by atoms with Crippen LogP contribution in [0, 0.1) is 0 Å². The van der Waals surface area contributed by atoms with Crippen molar-refractivity contribution in [2.24, 2.45) is 0 Å². The summed E-state index contributed by atoms with van der Waals surface area (Å²) in [5.41, 5.74) is 1.71. The fraction of sp³-hybridized carbons (Fsp3) is 0.357. The Kier molecular flexibility index (Phi) is 9.86. The van der Waals surface area contributed by atoms with Gasteiger partial charge in [-0.2, -0.15) is 0 Å². The van der Waals surface area contributed by atoms with Gasteiger partial charge in [0, 0.05) is 24.7 Å². The van der Waals surface area contributed by atoms with Gasteiger partial charge in [0.05, 0.1) is 13.4 Å². The molecule has 2 aromatic carbocycles. The summed E-state index contributed by atoms with van der Waals surface area (Å²) in [7, 11) is 1.24. The van der Waals surface area contributed by atoms with Crippen LogP contribution in [0.2, 0.25) is 0 Å². The van der Waals surface area contributed by atoms with Crippen molar-refractivity contribution in [3.63, 3.8) is 0 Å². The Labute approximate surface area is 222 Å². The summed E-state index contributed by atoms with van der Waals surface area (Å²) in [4.78, 5) is 45.0. The van der Waals surface area contributed by atoms with Crippen molar-refractivity contribution in [3.05, 3.63) is 83.9 Å². The Hall–Kier alpha value is -4.34. The second-order valence-electron chi connectivity index (χ2n) is 9.69. The normalized spacial score (nSPS) is 12.6. The van der Waals surface area contributed by atoms with Crippen molar-refractivity contribution >= 4 is 18.0 Å². The molecule has 1 heterocycles. The van der Waals surface area contributed by atoms with Crippen LogP contribution in [-0.2, 0) is 38.5 Å². The van der Waals surface area contributed by atoms with Crippen LogP contribution in [0.5, 0.6) is 5.75 Å². The first kappa shape index (κ1) is 28.2. The van der Waals surface area contributed by atoms with E-state index in [0.29, 0.717) is 18.1 Å². The number of hydrogen-bond acceptors (Lipinski definition) is 7. The zero-order chi connectivity index (χ0) is 27.5. The number of imidazole rings is 1. The number of nitrogens with zero attached hydrogens (tertiary/aromatic N) is 1. The van der Waals surface area contributed by atoms with Gasteiger partial charge in [-0.3, -0.25) is 4.79 Å². The van der Waals surface area contributed by atoms with Gasteiger partial charge in [0.2, 0.25) is 5.91 Å². The number of hydrogen-bond donors (Lipinski definition) is 3. The Balaban J connectivity index is 1.71. The van der Waals surface area contributed by atoms with E-state index in [1.807, 2.05) is 42.5 Å². The Bertz CT molecular complexity index is 1170. The number of aromatic nitrogens is 2. The zero-order valence-electron chi connectivity index (χ0n) is 22.0. The Morgan fingerprint density at radius 3 is 2.24 bits per heavy atom. The number of carbonyl (C=O) groups excluding carboxylic acids is 3. The average Bonchev–Trinajstić information content (AvgIpc) is 3.39. The van der Waals surface area contributed by atoms with Crippen LogP contribution in [0.3, 0.4) is 0 Å². The molecule has 1 aromatic heterocycles. The lowest BCUT2D eigenvalue weighted by molar-refractivity contribution is -0.145. The molecule has 0 saturated carbocycles. The third-order valence-corrected chi connectivity index (χ3v) is 5.40. The molecule has 0 spiro atoms. The largest absolute Gasteiger partial charge is 0.489 e. The van der Waals surface area contributed by atoms with Crippen molar-refractivity contribution in [1.29, 1.82) is 0 Å². The molecule has 3 rings (SSSR count). The molecular weight excluding hydrogens is 488 g/mol. The molecule has 0 saturated heterocycles. The lowest BCUT2D eigenvalue weighted by atomic mass is 10.0. The molecule has 0 unspecified atom stereocenters. The van der Waals surface area contributed by atoms with Gasteiger partial charge in [-0.1, -0.05) is 42.5 Å². The first-order valence-corrected chi connectivity index (χ1v) is 12.2. The predicted molar refractivity (Wildman–Crippen MR) is 140 cm³/mol. The fourth-order valence-corrected chi connectivity index (χ4v) is 3.58. The predicted octanol–water partition coefficient (Wildman–Crippen LogP) is 3.33. The summed E-state index contributed by atoms with van der Waals surface area (Å²) < 4.78 is 16.0. The van der Waals surface area contributed by atoms with Crippen LogP contribution in [0.4, 0.5) is 4.79 Å². The minimum atomic E-state index is -1.02. The monoisotopic (exact) mass is 522 g/mol. The van der Waals surface area contributed by atoms with Gasteiger partial charge in [0.25, 0.3) is 0 Å². The van der Waals surface area contributed by atoms with Gasteiger partial charge in [-0.25, -0.2) is 14.6 Å². The zero-order valence-corrected chi connectivity index (χ0v) is 22.0. The van der Waals surface area contributed by atoms with Gasteiger partial charge in [-0.05, 0) is 44.0 Å². The summed E-state index contributed by atoms with van der Waals surface area (Å²) >= 11 is 0. The molecule has 0 fully saturated rings. The molecule has 3 N–H and O–H groups in total. The van der Waals surface area contributed by atoms with Crippen molar-refractivity contribution in [2.75, 3.05) is 7.11 Å². The van der Waals surface area contributed by atoms with Crippen LogP contribution < -0.4 is 15.4 Å². The molecule has 0 radical (unpaired) electrons. The van der Waals surface area contributed by atoms with Crippen LogP contribution >= 0.6 is 0 Å². The van der Waals surface area contributed by atoms with Crippen LogP contribution in [0.25, 0.3) is 0 Å². The van der Waals surface area contributed by atoms with Gasteiger partial charge in [-0.15, -0.1) is 0 Å². The number of rotatable bonds is 11. The molecule has 38 heavy (non-hydrogen) atoms. The maximum Gasteiger partial charge on any atom is 0.408 e. The van der Waals surface area contributed by atoms with Crippen molar-refractivity contribution in [1.82, 2.24) is 20.6 Å². The summed E-state index contributed by atoms with van der Waals surface area (Å²) in [6.45, 7) is 5.62. The summed E-state index contributed by atoms with van der Waals surface area (Å²) in [5, 5.41) is 5.32. The quantitative estimate of drug-likeness (QED) is 0.329. The Morgan fingerprint density at radius 1 is 0.921 bits per heavy atom. The first-order valence-electron chi connectivity index (χ1n) is 12.2. The molecule has 202 valence electrons. The van der Waals surface area contributed by atoms with E-state index < -0.39 is 35.7 Å². The fourth-order valence-electron chi connectivity index (χ4n) is 3.58. The topological polar surface area (TPSA) is 132 Å². The molecule has 0 aliphatic heterocycles. The third-order valence-electron chi connectivity index (χ3n) is 5.40. The number of ether oxygens (including phenoxy) is 3. The van der Waals surface area contributed by atoms with Gasteiger partial charge in [0.15, 0.2) is 0 Å². The first-order chi connectivity index (χ1) is 18.1. The van der Waals surface area contributed by atoms with E-state index >= 15 is 0 Å².